The summed E-state index contributed by atoms with van der Waals surface area (Å²) in [5.41, 5.74) is 2.71. The fourth-order valence-corrected chi connectivity index (χ4v) is 2.08. The summed E-state index contributed by atoms with van der Waals surface area (Å²) in [6.07, 6.45) is -0.807. The van der Waals surface area contributed by atoms with E-state index in [1.807, 2.05) is 19.1 Å². The van der Waals surface area contributed by atoms with Gasteiger partial charge in [-0.05, 0) is 54.5 Å². The summed E-state index contributed by atoms with van der Waals surface area (Å²) in [4.78, 5) is 4.44. The molecule has 2 aromatic carbocycles. The molecule has 0 bridgehead atoms. The zero-order valence-electron chi connectivity index (χ0n) is 11.6. The lowest BCUT2D eigenvalue weighted by Crippen LogP contribution is -2.07. The van der Waals surface area contributed by atoms with Crippen molar-refractivity contribution in [3.63, 3.8) is 0 Å². The second-order valence-electron chi connectivity index (χ2n) is 4.65. The first-order valence-electron chi connectivity index (χ1n) is 6.41. The number of aliphatic imine (C=N–C) groups is 1. The Hall–Kier alpha value is -1.61. The van der Waals surface area contributed by atoms with E-state index in [1.165, 1.54) is 0 Å². The predicted molar refractivity (Wildman–Crippen MR) is 89.8 cm³/mol. The van der Waals surface area contributed by atoms with Crippen LogP contribution in [0.2, 0.25) is 10.0 Å². The van der Waals surface area contributed by atoms with Crippen LogP contribution < -0.4 is 0 Å². The van der Waals surface area contributed by atoms with Crippen LogP contribution >= 0.6 is 23.2 Å². The Labute approximate surface area is 134 Å². The standard InChI is InChI=1S/C17H15Cl2NO/c1-11(17(21)13-3-5-14(18)6-4-13)12(2)20-16-9-7-15(19)8-10-16/h3-10,17,21H,1H2,2H3/t17-/m0/s1. The van der Waals surface area contributed by atoms with Gasteiger partial charge >= 0.3 is 0 Å². The molecule has 21 heavy (non-hydrogen) atoms. The second kappa shape index (κ2) is 6.90. The third-order valence-electron chi connectivity index (χ3n) is 3.10. The van der Waals surface area contributed by atoms with Crippen LogP contribution in [0.5, 0.6) is 0 Å². The fraction of sp³-hybridized carbons (Fsp3) is 0.118. The molecule has 0 aliphatic carbocycles. The highest BCUT2D eigenvalue weighted by molar-refractivity contribution is 6.30. The van der Waals surface area contributed by atoms with Gasteiger partial charge in [-0.3, -0.25) is 4.99 Å². The van der Waals surface area contributed by atoms with Crippen molar-refractivity contribution in [1.29, 1.82) is 0 Å². The molecule has 2 aromatic rings. The van der Waals surface area contributed by atoms with Gasteiger partial charge in [0.2, 0.25) is 0 Å². The van der Waals surface area contributed by atoms with E-state index in [1.54, 1.807) is 36.4 Å². The van der Waals surface area contributed by atoms with E-state index in [2.05, 4.69) is 11.6 Å². The van der Waals surface area contributed by atoms with Gasteiger partial charge in [0.1, 0.15) is 6.10 Å². The summed E-state index contributed by atoms with van der Waals surface area (Å²) in [6, 6.07) is 14.2. The molecule has 0 aromatic heterocycles. The number of aliphatic hydroxyl groups excluding tert-OH is 1. The van der Waals surface area contributed by atoms with Crippen LogP contribution in [0.1, 0.15) is 18.6 Å². The molecule has 0 unspecified atom stereocenters. The van der Waals surface area contributed by atoms with E-state index in [0.29, 0.717) is 21.3 Å². The summed E-state index contributed by atoms with van der Waals surface area (Å²) in [7, 11) is 0. The Bertz CT molecular complexity index is 660. The van der Waals surface area contributed by atoms with Crippen molar-refractivity contribution in [2.24, 2.45) is 4.99 Å². The smallest absolute Gasteiger partial charge is 0.105 e. The summed E-state index contributed by atoms with van der Waals surface area (Å²) in [6.45, 7) is 5.74. The van der Waals surface area contributed by atoms with E-state index < -0.39 is 6.10 Å². The van der Waals surface area contributed by atoms with Crippen LogP contribution in [0.25, 0.3) is 0 Å². The molecular weight excluding hydrogens is 305 g/mol. The van der Waals surface area contributed by atoms with Crippen LogP contribution in [0.3, 0.4) is 0 Å². The minimum atomic E-state index is -0.807. The summed E-state index contributed by atoms with van der Waals surface area (Å²) < 4.78 is 0. The Balaban J connectivity index is 2.18. The minimum absolute atomic E-state index is 0.548. The first-order valence-corrected chi connectivity index (χ1v) is 7.16. The zero-order chi connectivity index (χ0) is 15.4. The van der Waals surface area contributed by atoms with Crippen molar-refractivity contribution >= 4 is 34.6 Å². The first kappa shape index (κ1) is 15.8. The highest BCUT2D eigenvalue weighted by atomic mass is 35.5. The molecule has 108 valence electrons. The molecule has 0 heterocycles. The SMILES string of the molecule is C=C(C(C)=Nc1ccc(Cl)cc1)[C@H](O)c1ccc(Cl)cc1. The van der Waals surface area contributed by atoms with Crippen molar-refractivity contribution in [2.75, 3.05) is 0 Å². The van der Waals surface area contributed by atoms with E-state index in [0.717, 1.165) is 11.3 Å². The number of hydrogen-bond acceptors (Lipinski definition) is 2. The Morgan fingerprint density at radius 2 is 1.48 bits per heavy atom. The Morgan fingerprint density at radius 1 is 1.00 bits per heavy atom. The second-order valence-corrected chi connectivity index (χ2v) is 5.53. The average Bonchev–Trinajstić information content (AvgIpc) is 2.49. The van der Waals surface area contributed by atoms with Crippen molar-refractivity contribution in [1.82, 2.24) is 0 Å². The fourth-order valence-electron chi connectivity index (χ4n) is 1.83. The Kier molecular flexibility index (Phi) is 5.18. The predicted octanol–water partition coefficient (Wildman–Crippen LogP) is 5.38. The topological polar surface area (TPSA) is 32.6 Å². The van der Waals surface area contributed by atoms with Crippen molar-refractivity contribution in [2.45, 2.75) is 13.0 Å². The number of hydrogen-bond donors (Lipinski definition) is 1. The van der Waals surface area contributed by atoms with Crippen LogP contribution in [0, 0.1) is 0 Å². The summed E-state index contributed by atoms with van der Waals surface area (Å²) >= 11 is 11.7. The first-order chi connectivity index (χ1) is 9.97. The molecule has 0 aliphatic heterocycles. The van der Waals surface area contributed by atoms with Gasteiger partial charge in [0.25, 0.3) is 0 Å². The lowest BCUT2D eigenvalue weighted by atomic mass is 10.00. The largest absolute Gasteiger partial charge is 0.384 e. The molecular formula is C17H15Cl2NO. The molecule has 0 fully saturated rings. The molecule has 0 saturated carbocycles. The third-order valence-corrected chi connectivity index (χ3v) is 3.61. The van der Waals surface area contributed by atoms with E-state index in [4.69, 9.17) is 23.2 Å². The number of aliphatic hydroxyl groups is 1. The van der Waals surface area contributed by atoms with Crippen molar-refractivity contribution < 1.29 is 5.11 Å². The molecule has 1 atom stereocenters. The molecule has 1 N–H and O–H groups in total. The van der Waals surface area contributed by atoms with Gasteiger partial charge in [0.15, 0.2) is 0 Å². The lowest BCUT2D eigenvalue weighted by molar-refractivity contribution is 0.222. The van der Waals surface area contributed by atoms with E-state index >= 15 is 0 Å². The molecule has 2 nitrogen and oxygen atoms in total. The van der Waals surface area contributed by atoms with Gasteiger partial charge in [-0.15, -0.1) is 0 Å². The number of halogens is 2. The number of nitrogens with zero attached hydrogens (tertiary/aromatic N) is 1. The zero-order valence-corrected chi connectivity index (χ0v) is 13.1. The highest BCUT2D eigenvalue weighted by Gasteiger charge is 2.14. The van der Waals surface area contributed by atoms with E-state index in [-0.39, 0.29) is 0 Å². The van der Waals surface area contributed by atoms with Gasteiger partial charge in [0, 0.05) is 15.8 Å². The quantitative estimate of drug-likeness (QED) is 0.754. The molecule has 4 heteroatoms. The van der Waals surface area contributed by atoms with Crippen LogP contribution in [0.4, 0.5) is 5.69 Å². The number of rotatable bonds is 4. The molecule has 0 radical (unpaired) electrons. The summed E-state index contributed by atoms with van der Waals surface area (Å²) in [5.74, 6) is 0. The van der Waals surface area contributed by atoms with Crippen LogP contribution in [0.15, 0.2) is 65.7 Å². The maximum atomic E-state index is 10.3. The maximum absolute atomic E-state index is 10.3. The van der Waals surface area contributed by atoms with Gasteiger partial charge in [-0.1, -0.05) is 41.9 Å². The molecule has 0 spiro atoms. The maximum Gasteiger partial charge on any atom is 0.105 e. The number of benzene rings is 2. The van der Waals surface area contributed by atoms with Gasteiger partial charge < -0.3 is 5.11 Å². The van der Waals surface area contributed by atoms with Crippen LogP contribution in [-0.4, -0.2) is 10.8 Å². The monoisotopic (exact) mass is 319 g/mol. The third kappa shape index (κ3) is 4.18. The summed E-state index contributed by atoms with van der Waals surface area (Å²) in [5, 5.41) is 11.6. The Morgan fingerprint density at radius 3 is 2.00 bits per heavy atom. The van der Waals surface area contributed by atoms with E-state index in [9.17, 15) is 5.11 Å². The van der Waals surface area contributed by atoms with Crippen molar-refractivity contribution in [3.8, 4) is 0 Å². The normalized spacial score (nSPS) is 13.0. The molecule has 0 saturated heterocycles. The van der Waals surface area contributed by atoms with Crippen LogP contribution in [-0.2, 0) is 0 Å². The lowest BCUT2D eigenvalue weighted by Gasteiger charge is -2.14. The minimum Gasteiger partial charge on any atom is -0.384 e. The molecule has 0 amide bonds. The van der Waals surface area contributed by atoms with Gasteiger partial charge in [0.05, 0.1) is 5.69 Å². The van der Waals surface area contributed by atoms with Gasteiger partial charge in [-0.25, -0.2) is 0 Å². The van der Waals surface area contributed by atoms with Gasteiger partial charge in [-0.2, -0.15) is 0 Å². The molecule has 2 rings (SSSR count). The molecule has 0 aliphatic rings. The van der Waals surface area contributed by atoms with Crippen molar-refractivity contribution in [3.05, 3.63) is 76.3 Å². The highest BCUT2D eigenvalue weighted by Crippen LogP contribution is 2.25. The average molecular weight is 320 g/mol.